The first-order chi connectivity index (χ1) is 14.7. The molecule has 4 rings (SSSR count). The quantitative estimate of drug-likeness (QED) is 0.401. The van der Waals surface area contributed by atoms with Crippen LogP contribution in [0.25, 0.3) is 0 Å². The molecule has 0 aliphatic carbocycles. The monoisotopic (exact) mass is 442 g/mol. The predicted molar refractivity (Wildman–Crippen MR) is 119 cm³/mol. The summed E-state index contributed by atoms with van der Waals surface area (Å²) in [6, 6.07) is 14.5. The van der Waals surface area contributed by atoms with E-state index in [9.17, 15) is 14.7 Å². The molecule has 2 aliphatic heterocycles. The van der Waals surface area contributed by atoms with Crippen LogP contribution in [0.15, 0.2) is 48.5 Å². The van der Waals surface area contributed by atoms with Crippen LogP contribution in [0.3, 0.4) is 0 Å². The highest BCUT2D eigenvalue weighted by Gasteiger charge is 2.65. The number of nitrogens with one attached hydrogen (secondary N) is 1. The largest absolute Gasteiger partial charge is 0.396 e. The topological polar surface area (TPSA) is 78.9 Å². The number of halogens is 1. The van der Waals surface area contributed by atoms with Crippen molar-refractivity contribution in [2.24, 2.45) is 5.92 Å². The van der Waals surface area contributed by atoms with Crippen LogP contribution in [0.2, 0.25) is 18.6 Å². The predicted octanol–water partition coefficient (Wildman–Crippen LogP) is 4.09. The fourth-order valence-electron chi connectivity index (χ4n) is 5.26. The highest BCUT2D eigenvalue weighted by molar-refractivity contribution is 6.72. The van der Waals surface area contributed by atoms with Gasteiger partial charge in [-0.25, -0.2) is 0 Å². The fourth-order valence-corrected chi connectivity index (χ4v) is 7.80. The summed E-state index contributed by atoms with van der Waals surface area (Å²) in [4.78, 5) is 26.6. The van der Waals surface area contributed by atoms with E-state index in [0.29, 0.717) is 22.6 Å². The van der Waals surface area contributed by atoms with E-state index >= 15 is 4.11 Å². The molecule has 2 N–H and O–H groups in total. The van der Waals surface area contributed by atoms with Gasteiger partial charge >= 0.3 is 0 Å². The van der Waals surface area contributed by atoms with E-state index in [0.717, 1.165) is 6.41 Å². The molecular weight excluding hydrogens is 415 g/mol. The van der Waals surface area contributed by atoms with E-state index in [-0.39, 0.29) is 18.9 Å². The summed E-state index contributed by atoms with van der Waals surface area (Å²) >= 11 is 0. The number of hydrogen-bond donors (Lipinski definition) is 2. The Bertz CT molecular complexity index is 997. The molecular formula is C23H27FN2O4Si. The van der Waals surface area contributed by atoms with Crippen LogP contribution in [0.4, 0.5) is 21.2 Å². The summed E-state index contributed by atoms with van der Waals surface area (Å²) in [5, 5.41) is 12.4. The van der Waals surface area contributed by atoms with Crippen LogP contribution < -0.4 is 10.2 Å². The number of aliphatic hydroxyl groups is 1. The lowest BCUT2D eigenvalue weighted by Crippen LogP contribution is -2.42. The Kier molecular flexibility index (Phi) is 5.49. The Balaban J connectivity index is 1.82. The number of aliphatic hydroxyl groups excluding tert-OH is 1. The second-order valence-electron chi connectivity index (χ2n) is 8.78. The van der Waals surface area contributed by atoms with Crippen LogP contribution >= 0.6 is 0 Å². The minimum Gasteiger partial charge on any atom is -0.396 e. The fraction of sp³-hybridized carbons (Fsp3) is 0.391. The molecule has 8 heteroatoms. The molecule has 1 spiro atoms. The van der Waals surface area contributed by atoms with Gasteiger partial charge in [-0.15, -0.1) is 0 Å². The first-order valence-electron chi connectivity index (χ1n) is 10.5. The number of ether oxygens (including phenoxy) is 1. The number of hydrogen-bond acceptors (Lipinski definition) is 4. The van der Waals surface area contributed by atoms with E-state index in [4.69, 9.17) is 4.74 Å². The van der Waals surface area contributed by atoms with Crippen molar-refractivity contribution in [1.29, 1.82) is 0 Å². The molecule has 0 aromatic heterocycles. The van der Waals surface area contributed by atoms with Crippen LogP contribution in [-0.4, -0.2) is 38.5 Å². The summed E-state index contributed by atoms with van der Waals surface area (Å²) in [6.45, 7) is 4.95. The second kappa shape index (κ2) is 7.85. The van der Waals surface area contributed by atoms with E-state index < -0.39 is 31.6 Å². The highest BCUT2D eigenvalue weighted by atomic mass is 28.4. The van der Waals surface area contributed by atoms with E-state index in [1.807, 2.05) is 37.3 Å². The molecule has 6 nitrogen and oxygen atoms in total. The first kappa shape index (κ1) is 21.7. The number of nitrogens with zero attached hydrogens (tertiary/aromatic N) is 1. The third-order valence-corrected chi connectivity index (χ3v) is 8.99. The molecule has 2 aliphatic rings. The number of amides is 2. The molecule has 0 unspecified atom stereocenters. The van der Waals surface area contributed by atoms with Crippen molar-refractivity contribution in [3.63, 3.8) is 0 Å². The first-order valence-corrected chi connectivity index (χ1v) is 13.4. The maximum Gasteiger partial charge on any atom is 0.261 e. The Morgan fingerprint density at radius 2 is 1.94 bits per heavy atom. The van der Waals surface area contributed by atoms with E-state index in [1.54, 1.807) is 31.3 Å². The SMILES string of the molecule is C[C@H]1[C@H]([Si](C)(C)F)[C@@H](CCO)O[C@]12C(=O)Nc1ccc(N(C=O)c3ccccc3)cc12. The Labute approximate surface area is 182 Å². The summed E-state index contributed by atoms with van der Waals surface area (Å²) in [6.07, 6.45) is 0.439. The molecule has 0 saturated carbocycles. The van der Waals surface area contributed by atoms with Gasteiger partial charge in [-0.2, -0.15) is 0 Å². The van der Waals surface area contributed by atoms with Gasteiger partial charge in [-0.1, -0.05) is 25.1 Å². The van der Waals surface area contributed by atoms with Crippen molar-refractivity contribution < 1.29 is 23.5 Å². The molecule has 31 heavy (non-hydrogen) atoms. The number of anilines is 3. The molecule has 2 heterocycles. The summed E-state index contributed by atoms with van der Waals surface area (Å²) < 4.78 is 21.7. The number of rotatable bonds is 6. The van der Waals surface area contributed by atoms with Gasteiger partial charge in [0.05, 0.1) is 6.10 Å². The molecule has 2 amide bonds. The van der Waals surface area contributed by atoms with Crippen molar-refractivity contribution >= 4 is 37.8 Å². The number of fused-ring (bicyclic) bond motifs is 2. The van der Waals surface area contributed by atoms with Crippen molar-refractivity contribution in [2.45, 2.75) is 43.7 Å². The van der Waals surface area contributed by atoms with Gasteiger partial charge in [0.2, 0.25) is 14.8 Å². The normalized spacial score (nSPS) is 27.3. The van der Waals surface area contributed by atoms with Crippen LogP contribution in [0, 0.1) is 5.92 Å². The lowest BCUT2D eigenvalue weighted by molar-refractivity contribution is -0.143. The Morgan fingerprint density at radius 3 is 2.55 bits per heavy atom. The molecule has 2 aromatic rings. The molecule has 1 fully saturated rings. The van der Waals surface area contributed by atoms with Gasteiger partial charge in [0.1, 0.15) is 0 Å². The lowest BCUT2D eigenvalue weighted by Gasteiger charge is -2.31. The van der Waals surface area contributed by atoms with Gasteiger partial charge in [0, 0.05) is 40.7 Å². The smallest absolute Gasteiger partial charge is 0.261 e. The molecule has 4 atom stereocenters. The third kappa shape index (κ3) is 3.39. The number of para-hydroxylation sites is 1. The Hall–Kier alpha value is -2.55. The van der Waals surface area contributed by atoms with Gasteiger partial charge < -0.3 is 19.3 Å². The maximum absolute atomic E-state index is 15.3. The number of benzene rings is 2. The van der Waals surface area contributed by atoms with Crippen molar-refractivity contribution in [2.75, 3.05) is 16.8 Å². The number of carbonyl (C=O) groups is 2. The zero-order chi connectivity index (χ0) is 22.4. The second-order valence-corrected chi connectivity index (χ2v) is 12.6. The Morgan fingerprint density at radius 1 is 1.23 bits per heavy atom. The van der Waals surface area contributed by atoms with E-state index in [1.165, 1.54) is 4.90 Å². The molecule has 1 saturated heterocycles. The standard InChI is InChI=1S/C23H27FN2O4Si/c1-15-21(31(2,3)24)20(11-12-27)30-23(15)18-13-17(9-10-19(18)25-22(23)29)26(14-28)16-7-5-4-6-8-16/h4-10,13-15,20-21,27H,11-12H2,1-3H3,(H,25,29)/t15-,20+,21-,23+/m0/s1. The zero-order valence-corrected chi connectivity index (χ0v) is 18.8. The molecule has 2 aromatic carbocycles. The van der Waals surface area contributed by atoms with Crippen molar-refractivity contribution in [3.8, 4) is 0 Å². The van der Waals surface area contributed by atoms with Crippen molar-refractivity contribution in [3.05, 3.63) is 54.1 Å². The highest BCUT2D eigenvalue weighted by Crippen LogP contribution is 2.59. The molecule has 0 radical (unpaired) electrons. The van der Waals surface area contributed by atoms with Crippen LogP contribution in [-0.2, 0) is 19.9 Å². The van der Waals surface area contributed by atoms with Crippen LogP contribution in [0.1, 0.15) is 18.9 Å². The van der Waals surface area contributed by atoms with Gasteiger partial charge in [-0.05, 0) is 49.8 Å². The summed E-state index contributed by atoms with van der Waals surface area (Å²) in [5.74, 6) is -0.748. The minimum absolute atomic E-state index is 0.143. The van der Waals surface area contributed by atoms with Gasteiger partial charge in [0.25, 0.3) is 5.91 Å². The van der Waals surface area contributed by atoms with Crippen molar-refractivity contribution in [1.82, 2.24) is 0 Å². The maximum atomic E-state index is 15.3. The average molecular weight is 443 g/mol. The van der Waals surface area contributed by atoms with E-state index in [2.05, 4.69) is 5.32 Å². The minimum atomic E-state index is -3.21. The lowest BCUT2D eigenvalue weighted by atomic mass is 9.82. The molecule has 0 bridgehead atoms. The van der Waals surface area contributed by atoms with Gasteiger partial charge in [-0.3, -0.25) is 14.5 Å². The molecule has 164 valence electrons. The van der Waals surface area contributed by atoms with Crippen LogP contribution in [0.5, 0.6) is 0 Å². The average Bonchev–Trinajstić information content (AvgIpc) is 3.18. The zero-order valence-electron chi connectivity index (χ0n) is 17.8. The van der Waals surface area contributed by atoms with Gasteiger partial charge in [0.15, 0.2) is 5.60 Å². The summed E-state index contributed by atoms with van der Waals surface area (Å²) in [5.41, 5.74) is 0.687. The third-order valence-electron chi connectivity index (χ3n) is 6.53. The summed E-state index contributed by atoms with van der Waals surface area (Å²) in [7, 11) is -3.21. The number of carbonyl (C=O) groups excluding carboxylic acids is 2.